The molecule has 0 aromatic heterocycles. The average molecular weight is 194 g/mol. The minimum atomic E-state index is -3.39. The molecule has 1 amide bonds. The molecule has 0 aliphatic carbocycles. The summed E-state index contributed by atoms with van der Waals surface area (Å²) >= 11 is 0. The van der Waals surface area contributed by atoms with E-state index >= 15 is 0 Å². The van der Waals surface area contributed by atoms with Crippen molar-refractivity contribution in [3.8, 4) is 0 Å². The first-order valence-corrected chi connectivity index (χ1v) is 5.55. The van der Waals surface area contributed by atoms with Gasteiger partial charge in [0.25, 0.3) is 0 Å². The Morgan fingerprint density at radius 2 is 2.00 bits per heavy atom. The molecule has 12 heavy (non-hydrogen) atoms. The highest BCUT2D eigenvalue weighted by Crippen LogP contribution is 1.93. The van der Waals surface area contributed by atoms with Gasteiger partial charge < -0.3 is 5.73 Å². The van der Waals surface area contributed by atoms with Crippen LogP contribution in [0, 0.1) is 0 Å². The van der Waals surface area contributed by atoms with E-state index in [1.54, 1.807) is 0 Å². The fraction of sp³-hybridized carbons (Fsp3) is 0.833. The van der Waals surface area contributed by atoms with E-state index < -0.39 is 15.9 Å². The van der Waals surface area contributed by atoms with Gasteiger partial charge in [-0.05, 0) is 19.4 Å². The smallest absolute Gasteiger partial charge is 0.233 e. The third-order valence-electron chi connectivity index (χ3n) is 1.16. The summed E-state index contributed by atoms with van der Waals surface area (Å²) in [5.41, 5.74) is 5.19. The van der Waals surface area contributed by atoms with Crippen molar-refractivity contribution < 1.29 is 13.2 Å². The molecule has 0 rings (SSSR count). The maximum Gasteiger partial charge on any atom is 0.233 e. The van der Waals surface area contributed by atoms with Gasteiger partial charge in [-0.3, -0.25) is 9.52 Å². The first-order valence-electron chi connectivity index (χ1n) is 3.66. The molecule has 0 atom stereocenters. The van der Waals surface area contributed by atoms with Crippen LogP contribution < -0.4 is 10.5 Å². The first-order chi connectivity index (χ1) is 5.45. The van der Waals surface area contributed by atoms with Crippen molar-refractivity contribution in [1.82, 2.24) is 4.72 Å². The number of carbonyl (C=O) groups excluding carboxylic acids is 1. The number of hydrogen-bond acceptors (Lipinski definition) is 4. The van der Waals surface area contributed by atoms with Crippen LogP contribution in [0.15, 0.2) is 0 Å². The average Bonchev–Trinajstić information content (AvgIpc) is 1.84. The fourth-order valence-corrected chi connectivity index (χ4v) is 1.20. The SMILES string of the molecule is CS(=O)(=O)NC(=O)CCCCN. The Bertz CT molecular complexity index is 235. The van der Waals surface area contributed by atoms with Crippen LogP contribution in [0.2, 0.25) is 0 Å². The fourth-order valence-electron chi connectivity index (χ4n) is 0.688. The predicted octanol–water partition coefficient (Wildman–Crippen LogP) is -0.809. The molecule has 0 aromatic rings. The molecule has 0 aliphatic heterocycles. The van der Waals surface area contributed by atoms with Gasteiger partial charge in [-0.15, -0.1) is 0 Å². The molecular weight excluding hydrogens is 180 g/mol. The Morgan fingerprint density at radius 3 is 2.42 bits per heavy atom. The van der Waals surface area contributed by atoms with E-state index in [-0.39, 0.29) is 6.42 Å². The highest BCUT2D eigenvalue weighted by atomic mass is 32.2. The summed E-state index contributed by atoms with van der Waals surface area (Å²) in [6.07, 6.45) is 2.52. The molecule has 0 aliphatic rings. The topological polar surface area (TPSA) is 89.3 Å². The molecule has 3 N–H and O–H groups in total. The van der Waals surface area contributed by atoms with Gasteiger partial charge >= 0.3 is 0 Å². The van der Waals surface area contributed by atoms with Gasteiger partial charge in [-0.25, -0.2) is 8.42 Å². The van der Waals surface area contributed by atoms with Crippen molar-refractivity contribution in [2.45, 2.75) is 19.3 Å². The molecule has 0 unspecified atom stereocenters. The lowest BCUT2D eigenvalue weighted by molar-refractivity contribution is -0.119. The van der Waals surface area contributed by atoms with Crippen LogP contribution in [-0.4, -0.2) is 27.1 Å². The van der Waals surface area contributed by atoms with Crippen molar-refractivity contribution in [2.24, 2.45) is 5.73 Å². The summed E-state index contributed by atoms with van der Waals surface area (Å²) in [6, 6.07) is 0. The summed E-state index contributed by atoms with van der Waals surface area (Å²) in [7, 11) is -3.39. The van der Waals surface area contributed by atoms with E-state index in [1.807, 2.05) is 4.72 Å². The minimum absolute atomic E-state index is 0.213. The molecule has 0 bridgehead atoms. The van der Waals surface area contributed by atoms with Crippen molar-refractivity contribution in [3.05, 3.63) is 0 Å². The van der Waals surface area contributed by atoms with Crippen LogP contribution in [0.1, 0.15) is 19.3 Å². The standard InChI is InChI=1S/C6H14N2O3S/c1-12(10,11)8-6(9)4-2-3-5-7/h2-5,7H2,1H3,(H,8,9). The molecule has 6 heteroatoms. The number of nitrogens with two attached hydrogens (primary N) is 1. The number of amides is 1. The van der Waals surface area contributed by atoms with E-state index in [4.69, 9.17) is 5.73 Å². The van der Waals surface area contributed by atoms with Gasteiger partial charge in [0.15, 0.2) is 0 Å². The van der Waals surface area contributed by atoms with Crippen LogP contribution in [0.3, 0.4) is 0 Å². The summed E-state index contributed by atoms with van der Waals surface area (Å²) < 4.78 is 22.9. The highest BCUT2D eigenvalue weighted by Gasteiger charge is 2.06. The van der Waals surface area contributed by atoms with Crippen molar-refractivity contribution >= 4 is 15.9 Å². The Balaban J connectivity index is 3.62. The number of rotatable bonds is 5. The van der Waals surface area contributed by atoms with Crippen molar-refractivity contribution in [2.75, 3.05) is 12.8 Å². The number of hydrogen-bond donors (Lipinski definition) is 2. The summed E-state index contributed by atoms with van der Waals surface area (Å²) in [6.45, 7) is 0.520. The molecule has 5 nitrogen and oxygen atoms in total. The molecule has 0 heterocycles. The van der Waals surface area contributed by atoms with E-state index in [0.717, 1.165) is 12.7 Å². The number of nitrogens with one attached hydrogen (secondary N) is 1. The zero-order valence-electron chi connectivity index (χ0n) is 7.04. The third kappa shape index (κ3) is 7.49. The van der Waals surface area contributed by atoms with Crippen LogP contribution in [-0.2, 0) is 14.8 Å². The Kier molecular flexibility index (Phi) is 4.84. The Hall–Kier alpha value is -0.620. The zero-order chi connectivity index (χ0) is 9.61. The van der Waals surface area contributed by atoms with Gasteiger partial charge in [0.2, 0.25) is 15.9 Å². The molecule has 0 fully saturated rings. The lowest BCUT2D eigenvalue weighted by atomic mass is 10.2. The lowest BCUT2D eigenvalue weighted by Crippen LogP contribution is -2.29. The van der Waals surface area contributed by atoms with Gasteiger partial charge in [0, 0.05) is 6.42 Å². The normalized spacial score (nSPS) is 11.2. The van der Waals surface area contributed by atoms with Crippen molar-refractivity contribution in [1.29, 1.82) is 0 Å². The zero-order valence-corrected chi connectivity index (χ0v) is 7.86. The summed E-state index contributed by atoms with van der Waals surface area (Å²) in [4.78, 5) is 10.8. The van der Waals surface area contributed by atoms with E-state index in [9.17, 15) is 13.2 Å². The number of carbonyl (C=O) groups is 1. The Labute approximate surface area is 72.4 Å². The first kappa shape index (κ1) is 11.4. The maximum atomic E-state index is 10.8. The van der Waals surface area contributed by atoms with Crippen LogP contribution >= 0.6 is 0 Å². The van der Waals surface area contributed by atoms with Gasteiger partial charge in [-0.2, -0.15) is 0 Å². The number of unbranched alkanes of at least 4 members (excludes halogenated alkanes) is 1. The molecule has 0 saturated heterocycles. The van der Waals surface area contributed by atoms with Gasteiger partial charge in [0.05, 0.1) is 6.26 Å². The molecular formula is C6H14N2O3S. The highest BCUT2D eigenvalue weighted by molar-refractivity contribution is 7.89. The Morgan fingerprint density at radius 1 is 1.42 bits per heavy atom. The van der Waals surface area contributed by atoms with E-state index in [2.05, 4.69) is 0 Å². The van der Waals surface area contributed by atoms with Crippen molar-refractivity contribution in [3.63, 3.8) is 0 Å². The second-order valence-corrected chi connectivity index (χ2v) is 4.29. The maximum absolute atomic E-state index is 10.8. The molecule has 0 saturated carbocycles. The number of sulfonamides is 1. The molecule has 0 aromatic carbocycles. The minimum Gasteiger partial charge on any atom is -0.330 e. The molecule has 0 spiro atoms. The van der Waals surface area contributed by atoms with E-state index in [1.165, 1.54) is 0 Å². The second-order valence-electron chi connectivity index (χ2n) is 2.54. The van der Waals surface area contributed by atoms with Gasteiger partial charge in [-0.1, -0.05) is 0 Å². The second kappa shape index (κ2) is 5.10. The van der Waals surface area contributed by atoms with Crippen LogP contribution in [0.25, 0.3) is 0 Å². The molecule has 0 radical (unpaired) electrons. The quantitative estimate of drug-likeness (QED) is 0.560. The largest absolute Gasteiger partial charge is 0.330 e. The lowest BCUT2D eigenvalue weighted by Gasteiger charge is -2.00. The monoisotopic (exact) mass is 194 g/mol. The van der Waals surface area contributed by atoms with Crippen LogP contribution in [0.4, 0.5) is 0 Å². The summed E-state index contributed by atoms with van der Waals surface area (Å²) in [5.74, 6) is -0.467. The third-order valence-corrected chi connectivity index (χ3v) is 1.76. The van der Waals surface area contributed by atoms with E-state index in [0.29, 0.717) is 13.0 Å². The van der Waals surface area contributed by atoms with Crippen LogP contribution in [0.5, 0.6) is 0 Å². The molecule has 72 valence electrons. The summed E-state index contributed by atoms with van der Waals surface area (Å²) in [5, 5.41) is 0. The van der Waals surface area contributed by atoms with Gasteiger partial charge in [0.1, 0.15) is 0 Å². The predicted molar refractivity (Wildman–Crippen MR) is 45.9 cm³/mol.